The second-order valence-electron chi connectivity index (χ2n) is 6.57. The third-order valence-electron chi connectivity index (χ3n) is 4.18. The average Bonchev–Trinajstić information content (AvgIpc) is 2.68. The number of benzene rings is 2. The Balaban J connectivity index is 1.71. The van der Waals surface area contributed by atoms with E-state index in [2.05, 4.69) is 5.32 Å². The highest BCUT2D eigenvalue weighted by Crippen LogP contribution is 2.18. The van der Waals surface area contributed by atoms with E-state index in [1.165, 1.54) is 0 Å². The summed E-state index contributed by atoms with van der Waals surface area (Å²) in [6.07, 6.45) is -0.192. The molecule has 28 heavy (non-hydrogen) atoms. The van der Waals surface area contributed by atoms with Crippen LogP contribution in [0.25, 0.3) is 0 Å². The first-order valence-corrected chi connectivity index (χ1v) is 9.23. The molecule has 0 saturated heterocycles. The molecule has 0 fully saturated rings. The second-order valence-corrected chi connectivity index (χ2v) is 6.57. The summed E-state index contributed by atoms with van der Waals surface area (Å²) in [6, 6.07) is 13.0. The molecule has 0 spiro atoms. The molecule has 0 aliphatic rings. The smallest absolute Gasteiger partial charge is 0.306 e. The maximum atomic E-state index is 12.3. The highest BCUT2D eigenvalue weighted by atomic mass is 16.5. The Morgan fingerprint density at radius 2 is 1.71 bits per heavy atom. The van der Waals surface area contributed by atoms with Crippen molar-refractivity contribution in [1.82, 2.24) is 0 Å². The van der Waals surface area contributed by atoms with Crippen molar-refractivity contribution in [3.63, 3.8) is 0 Å². The van der Waals surface area contributed by atoms with Crippen molar-refractivity contribution < 1.29 is 23.8 Å². The van der Waals surface area contributed by atoms with E-state index in [0.29, 0.717) is 18.8 Å². The van der Waals surface area contributed by atoms with Gasteiger partial charge in [-0.2, -0.15) is 0 Å². The highest BCUT2D eigenvalue weighted by Gasteiger charge is 2.18. The Kier molecular flexibility index (Phi) is 7.87. The van der Waals surface area contributed by atoms with Gasteiger partial charge >= 0.3 is 5.97 Å². The van der Waals surface area contributed by atoms with Gasteiger partial charge in [0.1, 0.15) is 11.5 Å². The molecule has 0 aliphatic heterocycles. The number of hydrogen-bond acceptors (Lipinski definition) is 5. The molecule has 1 N–H and O–H groups in total. The van der Waals surface area contributed by atoms with Crippen LogP contribution >= 0.6 is 0 Å². The molecule has 150 valence electrons. The Hall–Kier alpha value is -3.02. The lowest BCUT2D eigenvalue weighted by atomic mass is 10.1. The van der Waals surface area contributed by atoms with Gasteiger partial charge < -0.3 is 19.5 Å². The molecule has 0 aliphatic carbocycles. The first kappa shape index (κ1) is 21.3. The van der Waals surface area contributed by atoms with Gasteiger partial charge in [-0.05, 0) is 68.7 Å². The Bertz CT molecular complexity index is 801. The van der Waals surface area contributed by atoms with Gasteiger partial charge in [0, 0.05) is 12.1 Å². The molecular weight excluding hydrogens is 358 g/mol. The van der Waals surface area contributed by atoms with E-state index < -0.39 is 12.1 Å². The lowest BCUT2D eigenvalue weighted by Crippen LogP contribution is -2.30. The van der Waals surface area contributed by atoms with Crippen molar-refractivity contribution in [3.05, 3.63) is 53.6 Å². The number of amides is 1. The average molecular weight is 385 g/mol. The van der Waals surface area contributed by atoms with E-state index >= 15 is 0 Å². The van der Waals surface area contributed by atoms with Crippen molar-refractivity contribution in [2.75, 3.05) is 19.0 Å². The highest BCUT2D eigenvalue weighted by molar-refractivity contribution is 5.95. The lowest BCUT2D eigenvalue weighted by Gasteiger charge is -2.15. The number of esters is 1. The summed E-state index contributed by atoms with van der Waals surface area (Å²) < 4.78 is 15.9. The number of nitrogens with one attached hydrogen (secondary N) is 1. The molecule has 1 atom stereocenters. The number of ether oxygens (including phenoxy) is 3. The van der Waals surface area contributed by atoms with Crippen LogP contribution in [0.2, 0.25) is 0 Å². The van der Waals surface area contributed by atoms with Crippen LogP contribution in [0.5, 0.6) is 11.5 Å². The number of anilines is 1. The van der Waals surface area contributed by atoms with E-state index in [9.17, 15) is 9.59 Å². The van der Waals surface area contributed by atoms with Gasteiger partial charge in [0.25, 0.3) is 5.91 Å². The van der Waals surface area contributed by atoms with Crippen LogP contribution < -0.4 is 14.8 Å². The Labute approximate surface area is 165 Å². The number of aryl methyl sites for hydroxylation is 2. The fraction of sp³-hybridized carbons (Fsp3) is 0.364. The lowest BCUT2D eigenvalue weighted by molar-refractivity contribution is -0.153. The molecule has 0 radical (unpaired) electrons. The molecule has 2 aromatic rings. The molecule has 0 bridgehead atoms. The fourth-order valence-electron chi connectivity index (χ4n) is 2.49. The molecule has 0 aromatic heterocycles. The first-order valence-electron chi connectivity index (χ1n) is 9.23. The van der Waals surface area contributed by atoms with E-state index in [1.54, 1.807) is 38.3 Å². The van der Waals surface area contributed by atoms with E-state index in [1.807, 2.05) is 32.0 Å². The predicted molar refractivity (Wildman–Crippen MR) is 108 cm³/mol. The number of methoxy groups -OCH3 is 1. The van der Waals surface area contributed by atoms with Crippen molar-refractivity contribution in [3.8, 4) is 11.5 Å². The minimum absolute atomic E-state index is 0.178. The van der Waals surface area contributed by atoms with Crippen LogP contribution in [0.1, 0.15) is 30.9 Å². The molecule has 1 amide bonds. The van der Waals surface area contributed by atoms with E-state index in [4.69, 9.17) is 14.2 Å². The minimum atomic E-state index is -0.866. The van der Waals surface area contributed by atoms with Gasteiger partial charge in [-0.25, -0.2) is 0 Å². The van der Waals surface area contributed by atoms with Crippen LogP contribution in [0.3, 0.4) is 0 Å². The summed E-state index contributed by atoms with van der Waals surface area (Å²) in [4.78, 5) is 24.2. The Morgan fingerprint density at radius 1 is 1.04 bits per heavy atom. The summed E-state index contributed by atoms with van der Waals surface area (Å²) in [7, 11) is 1.60. The van der Waals surface area contributed by atoms with Crippen molar-refractivity contribution in [2.24, 2.45) is 0 Å². The summed E-state index contributed by atoms with van der Waals surface area (Å²) in [6.45, 7) is 5.80. The van der Waals surface area contributed by atoms with Gasteiger partial charge in [-0.15, -0.1) is 0 Å². The van der Waals surface area contributed by atoms with E-state index in [0.717, 1.165) is 22.6 Å². The molecule has 6 heteroatoms. The van der Waals surface area contributed by atoms with Crippen molar-refractivity contribution in [2.45, 2.75) is 39.7 Å². The second kappa shape index (κ2) is 10.3. The summed E-state index contributed by atoms with van der Waals surface area (Å²) in [5.74, 6) is 0.679. The van der Waals surface area contributed by atoms with Crippen LogP contribution in [0, 0.1) is 13.8 Å². The number of rotatable bonds is 9. The van der Waals surface area contributed by atoms with Gasteiger partial charge in [-0.3, -0.25) is 9.59 Å². The van der Waals surface area contributed by atoms with Crippen LogP contribution in [0.15, 0.2) is 42.5 Å². The topological polar surface area (TPSA) is 73.9 Å². The molecule has 0 heterocycles. The van der Waals surface area contributed by atoms with Crippen molar-refractivity contribution >= 4 is 17.6 Å². The molecule has 2 aromatic carbocycles. The normalized spacial score (nSPS) is 11.4. The molecule has 0 unspecified atom stereocenters. The maximum absolute atomic E-state index is 12.3. The SMILES string of the molecule is COc1ccc(OCCCC(=O)O[C@@H](C)C(=O)Nc2cc(C)ccc2C)cc1. The van der Waals surface area contributed by atoms with Gasteiger partial charge in [0.05, 0.1) is 13.7 Å². The third kappa shape index (κ3) is 6.61. The molecule has 0 saturated carbocycles. The zero-order valence-corrected chi connectivity index (χ0v) is 16.8. The summed E-state index contributed by atoms with van der Waals surface area (Å²) in [5.41, 5.74) is 2.72. The molecule has 2 rings (SSSR count). The first-order chi connectivity index (χ1) is 13.4. The third-order valence-corrected chi connectivity index (χ3v) is 4.18. The predicted octanol–water partition coefficient (Wildman–Crippen LogP) is 4.04. The minimum Gasteiger partial charge on any atom is -0.497 e. The zero-order chi connectivity index (χ0) is 20.5. The van der Waals surface area contributed by atoms with Gasteiger partial charge in [0.15, 0.2) is 6.10 Å². The molecular formula is C22H27NO5. The van der Waals surface area contributed by atoms with Crippen LogP contribution in [0.4, 0.5) is 5.69 Å². The van der Waals surface area contributed by atoms with Crippen molar-refractivity contribution in [1.29, 1.82) is 0 Å². The van der Waals surface area contributed by atoms with Crippen LogP contribution in [-0.2, 0) is 14.3 Å². The number of carbonyl (C=O) groups is 2. The van der Waals surface area contributed by atoms with Gasteiger partial charge in [-0.1, -0.05) is 12.1 Å². The number of carbonyl (C=O) groups excluding carboxylic acids is 2. The zero-order valence-electron chi connectivity index (χ0n) is 16.8. The Morgan fingerprint density at radius 3 is 2.39 bits per heavy atom. The fourth-order valence-corrected chi connectivity index (χ4v) is 2.49. The molecule has 6 nitrogen and oxygen atoms in total. The van der Waals surface area contributed by atoms with E-state index in [-0.39, 0.29) is 12.3 Å². The summed E-state index contributed by atoms with van der Waals surface area (Å²) in [5, 5.41) is 2.80. The summed E-state index contributed by atoms with van der Waals surface area (Å²) >= 11 is 0. The number of hydrogen-bond donors (Lipinski definition) is 1. The van der Waals surface area contributed by atoms with Gasteiger partial charge in [0.2, 0.25) is 0 Å². The quantitative estimate of drug-likeness (QED) is 0.521. The largest absolute Gasteiger partial charge is 0.497 e. The standard InChI is InChI=1S/C22H27NO5/c1-15-7-8-16(2)20(14-15)23-22(25)17(3)28-21(24)6-5-13-27-19-11-9-18(26-4)10-12-19/h7-12,14,17H,5-6,13H2,1-4H3,(H,23,25)/t17-/m0/s1. The maximum Gasteiger partial charge on any atom is 0.306 e. The van der Waals surface area contributed by atoms with Crippen LogP contribution in [-0.4, -0.2) is 31.7 Å². The monoisotopic (exact) mass is 385 g/mol.